The van der Waals surface area contributed by atoms with E-state index in [-0.39, 0.29) is 0 Å². The van der Waals surface area contributed by atoms with Crippen LogP contribution < -0.4 is 5.32 Å². The summed E-state index contributed by atoms with van der Waals surface area (Å²) in [6, 6.07) is 0.630. The number of thioether (sulfide) groups is 1. The first kappa shape index (κ1) is 13.2. The second-order valence-corrected chi connectivity index (χ2v) is 5.93. The number of ether oxygens (including phenoxy) is 1. The Morgan fingerprint density at radius 2 is 2.18 bits per heavy atom. The Kier molecular flexibility index (Phi) is 5.65. The van der Waals surface area contributed by atoms with Crippen LogP contribution in [-0.4, -0.2) is 36.2 Å². The zero-order valence-electron chi connectivity index (χ0n) is 10.8. The van der Waals surface area contributed by atoms with Crippen LogP contribution in [0, 0.1) is 0 Å². The largest absolute Gasteiger partial charge is 0.376 e. The molecule has 1 aliphatic carbocycles. The van der Waals surface area contributed by atoms with E-state index in [1.54, 1.807) is 0 Å². The summed E-state index contributed by atoms with van der Waals surface area (Å²) in [6.45, 7) is 3.82. The molecule has 1 unspecified atom stereocenters. The van der Waals surface area contributed by atoms with Crippen LogP contribution in [0.25, 0.3) is 0 Å². The minimum absolute atomic E-state index is 0.519. The summed E-state index contributed by atoms with van der Waals surface area (Å²) in [6.07, 6.45) is 8.16. The molecule has 0 bridgehead atoms. The fourth-order valence-corrected chi connectivity index (χ4v) is 3.43. The van der Waals surface area contributed by atoms with E-state index < -0.39 is 0 Å². The Hall–Kier alpha value is -0.220. The van der Waals surface area contributed by atoms with Crippen molar-refractivity contribution in [1.82, 2.24) is 5.32 Å². The van der Waals surface area contributed by atoms with E-state index in [0.717, 1.165) is 18.3 Å². The molecule has 1 N–H and O–H groups in total. The van der Waals surface area contributed by atoms with Crippen LogP contribution >= 0.6 is 11.8 Å². The molecule has 0 amide bonds. The highest BCUT2D eigenvalue weighted by Crippen LogP contribution is 2.20. The van der Waals surface area contributed by atoms with Gasteiger partial charge in [0.15, 0.2) is 5.17 Å². The normalized spacial score (nSPS) is 28.5. The minimum Gasteiger partial charge on any atom is -0.376 e. The van der Waals surface area contributed by atoms with Gasteiger partial charge in [-0.1, -0.05) is 31.5 Å². The second-order valence-electron chi connectivity index (χ2n) is 4.85. The lowest BCUT2D eigenvalue weighted by Crippen LogP contribution is -2.37. The minimum atomic E-state index is 0.519. The van der Waals surface area contributed by atoms with Crippen LogP contribution in [0.2, 0.25) is 0 Å². The lowest BCUT2D eigenvalue weighted by molar-refractivity contribution is 0.0643. The first-order valence-electron chi connectivity index (χ1n) is 6.94. The summed E-state index contributed by atoms with van der Waals surface area (Å²) in [5.74, 6) is 1.20. The van der Waals surface area contributed by atoms with Gasteiger partial charge in [-0.15, -0.1) is 0 Å². The molecule has 0 aromatic carbocycles. The standard InChI is InChI=1S/C13H24N2OS/c1-2-11-7-10-17-13(15-11)14-8-9-16-12-5-3-4-6-12/h11-12H,2-10H2,1H3,(H,14,15). The average molecular weight is 256 g/mol. The maximum Gasteiger partial charge on any atom is 0.156 e. The highest BCUT2D eigenvalue weighted by molar-refractivity contribution is 8.13. The second kappa shape index (κ2) is 7.27. The number of hydrogen-bond donors (Lipinski definition) is 1. The van der Waals surface area contributed by atoms with Crippen molar-refractivity contribution in [3.05, 3.63) is 0 Å². The lowest BCUT2D eigenvalue weighted by Gasteiger charge is -2.24. The van der Waals surface area contributed by atoms with Crippen molar-refractivity contribution in [1.29, 1.82) is 0 Å². The predicted octanol–water partition coefficient (Wildman–Crippen LogP) is 2.81. The van der Waals surface area contributed by atoms with E-state index in [1.807, 2.05) is 11.8 Å². The molecule has 4 heteroatoms. The van der Waals surface area contributed by atoms with Crippen molar-refractivity contribution in [2.45, 2.75) is 57.6 Å². The molecule has 1 saturated heterocycles. The third-order valence-electron chi connectivity index (χ3n) is 3.53. The van der Waals surface area contributed by atoms with Crippen molar-refractivity contribution in [2.75, 3.05) is 18.9 Å². The maximum absolute atomic E-state index is 5.80. The molecule has 98 valence electrons. The monoisotopic (exact) mass is 256 g/mol. The number of rotatable bonds is 5. The Labute approximate surface area is 109 Å². The molecule has 17 heavy (non-hydrogen) atoms. The average Bonchev–Trinajstić information content (AvgIpc) is 2.88. The van der Waals surface area contributed by atoms with Crippen LogP contribution in [-0.2, 0) is 4.74 Å². The van der Waals surface area contributed by atoms with Gasteiger partial charge in [-0.3, -0.25) is 4.99 Å². The molecular formula is C13H24N2OS. The molecule has 1 heterocycles. The summed E-state index contributed by atoms with van der Waals surface area (Å²) in [5.41, 5.74) is 0. The Morgan fingerprint density at radius 1 is 1.35 bits per heavy atom. The SMILES string of the molecule is CCC1CCSC(=NCCOC2CCCC2)N1. The van der Waals surface area contributed by atoms with E-state index in [1.165, 1.54) is 44.3 Å². The van der Waals surface area contributed by atoms with Crippen LogP contribution in [0.5, 0.6) is 0 Å². The van der Waals surface area contributed by atoms with Gasteiger partial charge in [-0.25, -0.2) is 0 Å². The van der Waals surface area contributed by atoms with Gasteiger partial charge in [0.2, 0.25) is 0 Å². The fourth-order valence-electron chi connectivity index (χ4n) is 2.41. The van der Waals surface area contributed by atoms with Gasteiger partial charge in [-0.2, -0.15) is 0 Å². The van der Waals surface area contributed by atoms with Gasteiger partial charge in [0, 0.05) is 11.8 Å². The van der Waals surface area contributed by atoms with E-state index in [0.29, 0.717) is 12.1 Å². The third kappa shape index (κ3) is 4.51. The summed E-state index contributed by atoms with van der Waals surface area (Å²) in [7, 11) is 0. The molecule has 2 fully saturated rings. The Balaban J connectivity index is 1.62. The van der Waals surface area contributed by atoms with Gasteiger partial charge in [0.1, 0.15) is 0 Å². The lowest BCUT2D eigenvalue weighted by atomic mass is 10.2. The zero-order chi connectivity index (χ0) is 11.9. The predicted molar refractivity (Wildman–Crippen MR) is 74.8 cm³/mol. The number of amidine groups is 1. The number of nitrogens with one attached hydrogen (secondary N) is 1. The Bertz CT molecular complexity index is 252. The summed E-state index contributed by atoms with van der Waals surface area (Å²) in [4.78, 5) is 4.59. The molecule has 0 spiro atoms. The highest BCUT2D eigenvalue weighted by Gasteiger charge is 2.16. The van der Waals surface area contributed by atoms with Gasteiger partial charge in [0.25, 0.3) is 0 Å². The van der Waals surface area contributed by atoms with Crippen molar-refractivity contribution in [2.24, 2.45) is 4.99 Å². The molecule has 1 aliphatic heterocycles. The van der Waals surface area contributed by atoms with E-state index >= 15 is 0 Å². The molecule has 1 atom stereocenters. The summed E-state index contributed by atoms with van der Waals surface area (Å²) < 4.78 is 5.80. The van der Waals surface area contributed by atoms with Gasteiger partial charge in [0.05, 0.1) is 19.3 Å². The van der Waals surface area contributed by atoms with Crippen LogP contribution in [0.4, 0.5) is 0 Å². The molecule has 0 aromatic rings. The number of hydrogen-bond acceptors (Lipinski definition) is 3. The molecule has 2 rings (SSSR count). The Morgan fingerprint density at radius 3 is 2.94 bits per heavy atom. The third-order valence-corrected chi connectivity index (χ3v) is 4.49. The van der Waals surface area contributed by atoms with Gasteiger partial charge >= 0.3 is 0 Å². The van der Waals surface area contributed by atoms with Gasteiger partial charge in [-0.05, 0) is 25.7 Å². The smallest absolute Gasteiger partial charge is 0.156 e. The molecular weight excluding hydrogens is 232 g/mol. The molecule has 3 nitrogen and oxygen atoms in total. The van der Waals surface area contributed by atoms with E-state index in [9.17, 15) is 0 Å². The topological polar surface area (TPSA) is 33.6 Å². The van der Waals surface area contributed by atoms with Crippen molar-refractivity contribution in [3.63, 3.8) is 0 Å². The summed E-state index contributed by atoms with van der Waals surface area (Å²) >= 11 is 1.85. The van der Waals surface area contributed by atoms with Crippen molar-refractivity contribution < 1.29 is 4.74 Å². The number of nitrogens with zero attached hydrogens (tertiary/aromatic N) is 1. The van der Waals surface area contributed by atoms with Crippen LogP contribution in [0.3, 0.4) is 0 Å². The summed E-state index contributed by atoms with van der Waals surface area (Å²) in [5, 5.41) is 4.61. The maximum atomic E-state index is 5.80. The first-order chi connectivity index (χ1) is 8.38. The molecule has 2 aliphatic rings. The zero-order valence-corrected chi connectivity index (χ0v) is 11.6. The van der Waals surface area contributed by atoms with Crippen molar-refractivity contribution >= 4 is 16.9 Å². The van der Waals surface area contributed by atoms with Crippen LogP contribution in [0.15, 0.2) is 4.99 Å². The highest BCUT2D eigenvalue weighted by atomic mass is 32.2. The molecule has 0 radical (unpaired) electrons. The van der Waals surface area contributed by atoms with E-state index in [4.69, 9.17) is 4.74 Å². The molecule has 0 aromatic heterocycles. The number of aliphatic imine (C=N–C) groups is 1. The van der Waals surface area contributed by atoms with Gasteiger partial charge < -0.3 is 10.1 Å². The van der Waals surface area contributed by atoms with E-state index in [2.05, 4.69) is 17.2 Å². The fraction of sp³-hybridized carbons (Fsp3) is 0.923. The quantitative estimate of drug-likeness (QED) is 0.768. The molecule has 1 saturated carbocycles. The van der Waals surface area contributed by atoms with Crippen molar-refractivity contribution in [3.8, 4) is 0 Å². The van der Waals surface area contributed by atoms with Crippen LogP contribution in [0.1, 0.15) is 45.4 Å². The first-order valence-corrected chi connectivity index (χ1v) is 7.92.